The van der Waals surface area contributed by atoms with Crippen molar-refractivity contribution in [3.05, 3.63) is 0 Å². The number of nitrogens with one attached hydrogen (secondary N) is 1. The summed E-state index contributed by atoms with van der Waals surface area (Å²) in [4.78, 5) is 10.9. The van der Waals surface area contributed by atoms with Crippen LogP contribution in [0.5, 0.6) is 0 Å². The average molecular weight is 170 g/mol. The summed E-state index contributed by atoms with van der Waals surface area (Å²) in [6, 6.07) is -0.454. The molecule has 0 aromatic rings. The fourth-order valence-corrected chi connectivity index (χ4v) is 0.842. The molecule has 0 aliphatic carbocycles. The maximum absolute atomic E-state index is 10.9. The highest BCUT2D eigenvalue weighted by molar-refractivity contribution is 5.76. The summed E-state index contributed by atoms with van der Waals surface area (Å²) >= 11 is 0. The van der Waals surface area contributed by atoms with E-state index in [1.165, 1.54) is 6.26 Å². The molecule has 4 nitrogen and oxygen atoms in total. The van der Waals surface area contributed by atoms with Gasteiger partial charge in [-0.3, -0.25) is 5.32 Å². The third kappa shape index (κ3) is 4.69. The van der Waals surface area contributed by atoms with Crippen LogP contribution < -0.4 is 5.32 Å². The van der Waals surface area contributed by atoms with E-state index in [1.807, 2.05) is 20.8 Å². The van der Waals surface area contributed by atoms with Crippen molar-refractivity contribution in [2.24, 2.45) is 0 Å². The maximum Gasteiger partial charge on any atom is 0.338 e. The number of esters is 1. The number of hydrogen-bond acceptors (Lipinski definition) is 4. The molecule has 1 N–H and O–H groups in total. The second kappa shape index (κ2) is 4.07. The molecule has 0 aromatic heterocycles. The van der Waals surface area contributed by atoms with Crippen LogP contribution in [0.2, 0.25) is 0 Å². The lowest BCUT2D eigenvalue weighted by atomic mass is 10.1. The van der Waals surface area contributed by atoms with Crippen molar-refractivity contribution in [1.29, 1.82) is 5.26 Å². The first-order chi connectivity index (χ1) is 5.37. The minimum Gasteiger partial charge on any atom is -0.350 e. The number of rotatable bonds is 2. The van der Waals surface area contributed by atoms with Gasteiger partial charge in [-0.05, 0) is 27.7 Å². The van der Waals surface area contributed by atoms with E-state index in [9.17, 15) is 4.79 Å². The molecule has 0 amide bonds. The van der Waals surface area contributed by atoms with Gasteiger partial charge in [0, 0.05) is 5.54 Å². The van der Waals surface area contributed by atoms with Crippen LogP contribution in [0.3, 0.4) is 0 Å². The van der Waals surface area contributed by atoms with Crippen molar-refractivity contribution in [2.45, 2.75) is 39.3 Å². The van der Waals surface area contributed by atoms with Crippen molar-refractivity contribution >= 4 is 5.97 Å². The Balaban J connectivity index is 3.98. The minimum absolute atomic E-state index is 0.159. The van der Waals surface area contributed by atoms with Crippen molar-refractivity contribution in [2.75, 3.05) is 0 Å². The molecule has 68 valence electrons. The Kier molecular flexibility index (Phi) is 3.71. The largest absolute Gasteiger partial charge is 0.350 e. The smallest absolute Gasteiger partial charge is 0.338 e. The van der Waals surface area contributed by atoms with E-state index in [2.05, 4.69) is 10.1 Å². The molecular weight excluding hydrogens is 156 g/mol. The van der Waals surface area contributed by atoms with Gasteiger partial charge in [0.05, 0.1) is 0 Å². The zero-order valence-corrected chi connectivity index (χ0v) is 7.84. The third-order valence-electron chi connectivity index (χ3n) is 1.15. The van der Waals surface area contributed by atoms with E-state index in [4.69, 9.17) is 5.26 Å². The Morgan fingerprint density at radius 3 is 2.42 bits per heavy atom. The molecular formula is C8H14N2O2. The van der Waals surface area contributed by atoms with Crippen molar-refractivity contribution in [3.63, 3.8) is 0 Å². The van der Waals surface area contributed by atoms with Crippen LogP contribution in [0.15, 0.2) is 0 Å². The fraction of sp³-hybridized carbons (Fsp3) is 0.750. The van der Waals surface area contributed by atoms with E-state index in [0.717, 1.165) is 0 Å². The highest BCUT2D eigenvalue weighted by Gasteiger charge is 2.20. The second-order valence-corrected chi connectivity index (χ2v) is 3.63. The van der Waals surface area contributed by atoms with Gasteiger partial charge in [0.1, 0.15) is 6.04 Å². The number of carbonyl (C=O) groups is 1. The molecule has 0 spiro atoms. The van der Waals surface area contributed by atoms with E-state index in [-0.39, 0.29) is 5.54 Å². The lowest BCUT2D eigenvalue weighted by Crippen LogP contribution is -2.46. The molecule has 0 aromatic carbocycles. The second-order valence-electron chi connectivity index (χ2n) is 3.63. The summed E-state index contributed by atoms with van der Waals surface area (Å²) in [6.07, 6.45) is 1.34. The normalized spacial score (nSPS) is 13.2. The zero-order chi connectivity index (χ0) is 9.78. The van der Waals surface area contributed by atoms with Gasteiger partial charge in [-0.25, -0.2) is 4.79 Å². The number of ether oxygens (including phenoxy) is 1. The van der Waals surface area contributed by atoms with E-state index >= 15 is 0 Å². The lowest BCUT2D eigenvalue weighted by Gasteiger charge is -2.23. The maximum atomic E-state index is 10.9. The highest BCUT2D eigenvalue weighted by atomic mass is 16.5. The number of hydrogen-bond donors (Lipinski definition) is 1. The molecule has 0 aliphatic heterocycles. The first-order valence-corrected chi connectivity index (χ1v) is 3.74. The van der Waals surface area contributed by atoms with E-state index in [1.54, 1.807) is 6.92 Å². The summed E-state index contributed by atoms with van der Waals surface area (Å²) in [5.41, 5.74) is -0.159. The van der Waals surface area contributed by atoms with Gasteiger partial charge in [-0.2, -0.15) is 0 Å². The molecule has 0 fully saturated rings. The first-order valence-electron chi connectivity index (χ1n) is 3.74. The highest BCUT2D eigenvalue weighted by Crippen LogP contribution is 2.01. The topological polar surface area (TPSA) is 62.1 Å². The number of carbonyl (C=O) groups excluding carboxylic acids is 1. The van der Waals surface area contributed by atoms with Gasteiger partial charge in [-0.1, -0.05) is 0 Å². The van der Waals surface area contributed by atoms with Crippen molar-refractivity contribution in [3.8, 4) is 6.26 Å². The van der Waals surface area contributed by atoms with Crippen LogP contribution in [-0.2, 0) is 9.53 Å². The number of nitriles is 1. The molecule has 12 heavy (non-hydrogen) atoms. The van der Waals surface area contributed by atoms with Crippen LogP contribution in [0, 0.1) is 11.5 Å². The summed E-state index contributed by atoms with van der Waals surface area (Å²) in [5, 5.41) is 11.0. The lowest BCUT2D eigenvalue weighted by molar-refractivity contribution is -0.139. The van der Waals surface area contributed by atoms with Gasteiger partial charge in [0.15, 0.2) is 0 Å². The molecule has 1 unspecified atom stereocenters. The Labute approximate surface area is 72.5 Å². The molecule has 0 rings (SSSR count). The third-order valence-corrected chi connectivity index (χ3v) is 1.15. The Hall–Kier alpha value is -1.08. The van der Waals surface area contributed by atoms with Crippen LogP contribution in [0.1, 0.15) is 27.7 Å². The summed E-state index contributed by atoms with van der Waals surface area (Å²) in [5.74, 6) is -0.549. The van der Waals surface area contributed by atoms with Crippen molar-refractivity contribution < 1.29 is 9.53 Å². The summed E-state index contributed by atoms with van der Waals surface area (Å²) in [6.45, 7) is 7.46. The molecule has 0 saturated carbocycles. The van der Waals surface area contributed by atoms with Gasteiger partial charge < -0.3 is 4.74 Å². The molecule has 4 heteroatoms. The first kappa shape index (κ1) is 10.9. The summed E-state index contributed by atoms with van der Waals surface area (Å²) < 4.78 is 4.15. The predicted molar refractivity (Wildman–Crippen MR) is 44.1 cm³/mol. The molecule has 0 heterocycles. The van der Waals surface area contributed by atoms with E-state index in [0.29, 0.717) is 0 Å². The molecule has 1 atom stereocenters. The average Bonchev–Trinajstić information content (AvgIpc) is 1.84. The Morgan fingerprint density at radius 2 is 2.08 bits per heavy atom. The molecule has 0 bridgehead atoms. The van der Waals surface area contributed by atoms with Crippen LogP contribution in [-0.4, -0.2) is 17.6 Å². The predicted octanol–water partition coefficient (Wildman–Crippen LogP) is 0.787. The van der Waals surface area contributed by atoms with Gasteiger partial charge >= 0.3 is 5.97 Å². The molecule has 0 aliphatic rings. The van der Waals surface area contributed by atoms with Gasteiger partial charge in [0.25, 0.3) is 6.26 Å². The Morgan fingerprint density at radius 1 is 1.58 bits per heavy atom. The van der Waals surface area contributed by atoms with Gasteiger partial charge in [-0.15, -0.1) is 5.26 Å². The van der Waals surface area contributed by atoms with Crippen LogP contribution >= 0.6 is 0 Å². The zero-order valence-electron chi connectivity index (χ0n) is 7.84. The molecule has 0 radical (unpaired) electrons. The Bertz CT molecular complexity index is 200. The monoisotopic (exact) mass is 170 g/mol. The standard InChI is InChI=1S/C8H14N2O2/c1-6(7(11)12-5-9)10-8(2,3)4/h6,10H,1-4H3. The fourth-order valence-electron chi connectivity index (χ4n) is 0.842. The molecule has 0 saturated heterocycles. The quantitative estimate of drug-likeness (QED) is 0.491. The van der Waals surface area contributed by atoms with Crippen LogP contribution in [0.4, 0.5) is 0 Å². The minimum atomic E-state index is -0.549. The summed E-state index contributed by atoms with van der Waals surface area (Å²) in [7, 11) is 0. The SMILES string of the molecule is CC(NC(C)(C)C)C(=O)OC#N. The van der Waals surface area contributed by atoms with Crippen molar-refractivity contribution in [1.82, 2.24) is 5.32 Å². The van der Waals surface area contributed by atoms with Gasteiger partial charge in [0.2, 0.25) is 0 Å². The van der Waals surface area contributed by atoms with Crippen LogP contribution in [0.25, 0.3) is 0 Å². The number of nitrogens with zero attached hydrogens (tertiary/aromatic N) is 1. The van der Waals surface area contributed by atoms with E-state index < -0.39 is 12.0 Å².